The van der Waals surface area contributed by atoms with Crippen molar-refractivity contribution in [3.8, 4) is 0 Å². The van der Waals surface area contributed by atoms with Gasteiger partial charge in [0.15, 0.2) is 0 Å². The third kappa shape index (κ3) is 13.7. The number of hydrogen-bond donors (Lipinski definition) is 2. The van der Waals surface area contributed by atoms with Crippen molar-refractivity contribution in [1.29, 1.82) is 0 Å². The van der Waals surface area contributed by atoms with Crippen molar-refractivity contribution in [3.05, 3.63) is 59.7 Å². The van der Waals surface area contributed by atoms with E-state index in [0.717, 1.165) is 44.1 Å². The minimum absolute atomic E-state index is 0.367. The first-order chi connectivity index (χ1) is 21.0. The predicted molar refractivity (Wildman–Crippen MR) is 191 cm³/mol. The molecule has 2 rings (SSSR count). The van der Waals surface area contributed by atoms with Gasteiger partial charge in [-0.1, -0.05) is 0 Å². The van der Waals surface area contributed by atoms with Gasteiger partial charge in [0.1, 0.15) is 0 Å². The van der Waals surface area contributed by atoms with E-state index >= 15 is 0 Å². The first-order valence-corrected chi connectivity index (χ1v) is 20.4. The summed E-state index contributed by atoms with van der Waals surface area (Å²) in [4.78, 5) is 25.1. The second-order valence-electron chi connectivity index (χ2n) is 12.9. The van der Waals surface area contributed by atoms with Crippen molar-refractivity contribution < 1.29 is 14.3 Å². The van der Waals surface area contributed by atoms with E-state index in [1.54, 1.807) is 0 Å². The molecule has 0 fully saturated rings. The number of rotatable bonds is 27. The zero-order chi connectivity index (χ0) is 31.1. The molecule has 0 aliphatic carbocycles. The molecule has 3 nitrogen and oxygen atoms in total. The standard InChI is InChI=1S/C39H67O3P/c1-4-7-10-13-16-19-23-29-36-30-28-34-39(38(36)33-26-20-17-14-11-8-5-2)43(40,41,37-31-24-22-25-32-37)42-35-27-21-18-15-12-9-6-3/h22,24-25,28,30-32,34,40-41H,4-21,23,26-27,29,33,35H2,1-3H3. The molecule has 0 amide bonds. The molecule has 43 heavy (non-hydrogen) atoms. The maximum absolute atomic E-state index is 12.6. The van der Waals surface area contributed by atoms with Crippen molar-refractivity contribution in [1.82, 2.24) is 0 Å². The van der Waals surface area contributed by atoms with E-state index in [2.05, 4.69) is 26.8 Å². The summed E-state index contributed by atoms with van der Waals surface area (Å²) in [5.74, 6) is 0. The van der Waals surface area contributed by atoms with Gasteiger partial charge in [-0.05, 0) is 0 Å². The van der Waals surface area contributed by atoms with Crippen LogP contribution < -0.4 is 10.6 Å². The summed E-state index contributed by atoms with van der Waals surface area (Å²) in [6, 6.07) is 15.7. The molecule has 2 N–H and O–H groups in total. The van der Waals surface area contributed by atoms with Gasteiger partial charge >= 0.3 is 267 Å². The molecule has 0 heterocycles. The number of aryl methyl sites for hydroxylation is 1. The van der Waals surface area contributed by atoms with E-state index in [1.165, 1.54) is 115 Å². The van der Waals surface area contributed by atoms with Crippen LogP contribution in [0.1, 0.15) is 167 Å². The molecule has 0 aliphatic rings. The summed E-state index contributed by atoms with van der Waals surface area (Å²) in [6.45, 7) is 7.15. The van der Waals surface area contributed by atoms with Crippen molar-refractivity contribution in [2.75, 3.05) is 6.61 Å². The molecule has 246 valence electrons. The van der Waals surface area contributed by atoms with Crippen molar-refractivity contribution in [2.45, 2.75) is 168 Å². The molecular weight excluding hydrogens is 547 g/mol. The first kappa shape index (κ1) is 37.9. The van der Waals surface area contributed by atoms with Gasteiger partial charge in [0, 0.05) is 0 Å². The maximum atomic E-state index is 12.6. The van der Waals surface area contributed by atoms with Crippen LogP contribution in [0.5, 0.6) is 0 Å². The summed E-state index contributed by atoms with van der Waals surface area (Å²) in [7, 11) is -4.82. The predicted octanol–water partition coefficient (Wildman–Crippen LogP) is 11.3. The quantitative estimate of drug-likeness (QED) is 0.0777. The molecule has 4 heteroatoms. The topological polar surface area (TPSA) is 49.7 Å². The Morgan fingerprint density at radius 1 is 0.488 bits per heavy atom. The van der Waals surface area contributed by atoms with Gasteiger partial charge in [-0.15, -0.1) is 0 Å². The van der Waals surface area contributed by atoms with E-state index in [-0.39, 0.29) is 0 Å². The van der Waals surface area contributed by atoms with Crippen LogP contribution in [-0.2, 0) is 17.4 Å². The van der Waals surface area contributed by atoms with E-state index in [4.69, 9.17) is 4.52 Å². The van der Waals surface area contributed by atoms with E-state index in [0.29, 0.717) is 17.2 Å². The fourth-order valence-electron chi connectivity index (χ4n) is 6.33. The Balaban J connectivity index is 2.26. The molecule has 0 aromatic heterocycles. The molecule has 2 aromatic rings. The van der Waals surface area contributed by atoms with Crippen molar-refractivity contribution in [2.24, 2.45) is 0 Å². The van der Waals surface area contributed by atoms with E-state index in [9.17, 15) is 9.79 Å². The van der Waals surface area contributed by atoms with E-state index < -0.39 is 7.28 Å². The van der Waals surface area contributed by atoms with Gasteiger partial charge < -0.3 is 0 Å². The summed E-state index contributed by atoms with van der Waals surface area (Å²) in [5, 5.41) is 1.16. The Kier molecular flexibility index (Phi) is 19.7. The Bertz CT molecular complexity index is 958. The zero-order valence-corrected chi connectivity index (χ0v) is 29.2. The molecule has 0 aliphatic heterocycles. The fraction of sp³-hybridized carbons (Fsp3) is 0.692. The Morgan fingerprint density at radius 2 is 0.953 bits per heavy atom. The molecule has 2 aromatic carbocycles. The van der Waals surface area contributed by atoms with Gasteiger partial charge in [0.05, 0.1) is 0 Å². The zero-order valence-electron chi connectivity index (χ0n) is 28.3. The van der Waals surface area contributed by atoms with Crippen LogP contribution in [0.2, 0.25) is 0 Å². The third-order valence-electron chi connectivity index (χ3n) is 9.07. The van der Waals surface area contributed by atoms with Crippen molar-refractivity contribution >= 4 is 17.9 Å². The van der Waals surface area contributed by atoms with Gasteiger partial charge in [0.25, 0.3) is 0 Å². The van der Waals surface area contributed by atoms with Gasteiger partial charge in [-0.3, -0.25) is 0 Å². The monoisotopic (exact) mass is 614 g/mol. The molecule has 0 unspecified atom stereocenters. The average molecular weight is 615 g/mol. The normalized spacial score (nSPS) is 12.8. The van der Waals surface area contributed by atoms with Crippen LogP contribution in [-0.4, -0.2) is 16.4 Å². The van der Waals surface area contributed by atoms with Crippen LogP contribution >= 0.6 is 7.28 Å². The minimum atomic E-state index is -4.82. The summed E-state index contributed by atoms with van der Waals surface area (Å²) in [5.41, 5.74) is 2.41. The fourth-order valence-corrected chi connectivity index (χ4v) is 9.18. The van der Waals surface area contributed by atoms with Crippen LogP contribution in [0.3, 0.4) is 0 Å². The van der Waals surface area contributed by atoms with Crippen molar-refractivity contribution in [3.63, 3.8) is 0 Å². The SMILES string of the molecule is CCCCCCCCCOP(O)(O)(c1ccccc1)c1cccc(CCCCCCCCC)c1CCCCCCCCC. The summed E-state index contributed by atoms with van der Waals surface area (Å²) >= 11 is 0. The Labute approximate surface area is 266 Å². The third-order valence-corrected chi connectivity index (χ3v) is 12.3. The number of benzene rings is 2. The summed E-state index contributed by atoms with van der Waals surface area (Å²) < 4.78 is 6.41. The summed E-state index contributed by atoms with van der Waals surface area (Å²) in [6.07, 6.45) is 27.7. The van der Waals surface area contributed by atoms with Crippen LogP contribution in [0.15, 0.2) is 48.5 Å². The second-order valence-corrected chi connectivity index (χ2v) is 16.0. The van der Waals surface area contributed by atoms with Crippen LogP contribution in [0, 0.1) is 0 Å². The Morgan fingerprint density at radius 3 is 1.49 bits per heavy atom. The van der Waals surface area contributed by atoms with Gasteiger partial charge in [0.2, 0.25) is 0 Å². The molecule has 0 saturated heterocycles. The molecule has 0 bridgehead atoms. The molecule has 0 saturated carbocycles. The van der Waals surface area contributed by atoms with Crippen LogP contribution in [0.25, 0.3) is 0 Å². The Hall–Kier alpha value is -1.25. The number of unbranched alkanes of at least 4 members (excludes halogenated alkanes) is 18. The molecular formula is C39H67O3P. The second kappa shape index (κ2) is 22.3. The molecule has 0 atom stereocenters. The van der Waals surface area contributed by atoms with E-state index in [1.807, 2.05) is 42.5 Å². The molecule has 0 spiro atoms. The average Bonchev–Trinajstić information content (AvgIpc) is 3.02. The van der Waals surface area contributed by atoms with Gasteiger partial charge in [-0.2, -0.15) is 0 Å². The first-order valence-electron chi connectivity index (χ1n) is 18.3. The number of hydrogen-bond acceptors (Lipinski definition) is 3. The molecule has 0 radical (unpaired) electrons. The van der Waals surface area contributed by atoms with Crippen LogP contribution in [0.4, 0.5) is 0 Å². The van der Waals surface area contributed by atoms with Gasteiger partial charge in [-0.25, -0.2) is 0 Å².